The predicted octanol–water partition coefficient (Wildman–Crippen LogP) is 5.32. The molecule has 0 aliphatic carbocycles. The van der Waals surface area contributed by atoms with Crippen molar-refractivity contribution < 1.29 is 9.47 Å². The van der Waals surface area contributed by atoms with Gasteiger partial charge in [-0.05, 0) is 63.1 Å². The van der Waals surface area contributed by atoms with Crippen LogP contribution in [-0.4, -0.2) is 51.9 Å². The normalized spacial score (nSPS) is 14.3. The number of rotatable bonds is 8. The maximum absolute atomic E-state index is 6.58. The van der Waals surface area contributed by atoms with E-state index < -0.39 is 0 Å². The Hall–Kier alpha value is -3.52. The van der Waals surface area contributed by atoms with Gasteiger partial charge < -0.3 is 19.7 Å². The Morgan fingerprint density at radius 3 is 2.63 bits per heavy atom. The molecule has 0 bridgehead atoms. The summed E-state index contributed by atoms with van der Waals surface area (Å²) in [6, 6.07) is 14.0. The van der Waals surface area contributed by atoms with Crippen molar-refractivity contribution in [1.82, 2.24) is 19.6 Å². The fraction of sp³-hybridized carbons (Fsp3) is 0.346. The molecule has 0 amide bonds. The first-order valence-corrected chi connectivity index (χ1v) is 12.4. The van der Waals surface area contributed by atoms with E-state index in [0.717, 1.165) is 54.1 Å². The second kappa shape index (κ2) is 10.4. The molecule has 0 spiro atoms. The summed E-state index contributed by atoms with van der Waals surface area (Å²) < 4.78 is 12.9. The summed E-state index contributed by atoms with van der Waals surface area (Å²) >= 11 is 6.58. The number of aromatic nitrogens is 4. The number of benzene rings is 1. The molecule has 1 aliphatic heterocycles. The lowest BCUT2D eigenvalue weighted by Gasteiger charge is -2.33. The summed E-state index contributed by atoms with van der Waals surface area (Å²) in [5.41, 5.74) is 3.74. The fourth-order valence-electron chi connectivity index (χ4n) is 4.44. The van der Waals surface area contributed by atoms with E-state index in [1.807, 2.05) is 62.5 Å². The molecular weight excluding hydrogens is 464 g/mol. The Labute approximate surface area is 209 Å². The zero-order valence-electron chi connectivity index (χ0n) is 19.9. The minimum Gasteiger partial charge on any atom is -0.494 e. The zero-order chi connectivity index (χ0) is 24.2. The molecule has 182 valence electrons. The number of pyridine rings is 2. The van der Waals surface area contributed by atoms with Crippen LogP contribution in [0.4, 0.5) is 11.6 Å². The molecule has 4 aromatic rings. The van der Waals surface area contributed by atoms with Crippen LogP contribution in [0.25, 0.3) is 16.8 Å². The van der Waals surface area contributed by atoms with E-state index in [0.29, 0.717) is 36.1 Å². The average molecular weight is 493 g/mol. The van der Waals surface area contributed by atoms with Crippen LogP contribution in [0, 0.1) is 0 Å². The molecule has 8 nitrogen and oxygen atoms in total. The molecule has 35 heavy (non-hydrogen) atoms. The van der Waals surface area contributed by atoms with Crippen LogP contribution in [0.2, 0.25) is 5.02 Å². The third-order valence-electron chi connectivity index (χ3n) is 6.11. The summed E-state index contributed by atoms with van der Waals surface area (Å²) in [4.78, 5) is 11.4. The van der Waals surface area contributed by atoms with E-state index in [1.165, 1.54) is 0 Å². The quantitative estimate of drug-likeness (QED) is 0.356. The number of nitrogens with one attached hydrogen (secondary N) is 1. The van der Waals surface area contributed by atoms with Gasteiger partial charge in [-0.3, -0.25) is 0 Å². The number of ether oxygens (including phenoxy) is 2. The highest BCUT2D eigenvalue weighted by atomic mass is 35.5. The van der Waals surface area contributed by atoms with E-state index in [-0.39, 0.29) is 0 Å². The van der Waals surface area contributed by atoms with Crippen LogP contribution >= 0.6 is 11.6 Å². The third-order valence-corrected chi connectivity index (χ3v) is 6.42. The molecule has 1 aliphatic rings. The second-order valence-electron chi connectivity index (χ2n) is 8.39. The third kappa shape index (κ3) is 5.12. The van der Waals surface area contributed by atoms with Crippen LogP contribution in [-0.2, 0) is 0 Å². The molecule has 0 unspecified atom stereocenters. The summed E-state index contributed by atoms with van der Waals surface area (Å²) in [6.07, 6.45) is 5.68. The molecular formula is C26H29ClN6O2. The highest BCUT2D eigenvalue weighted by Crippen LogP contribution is 2.33. The van der Waals surface area contributed by atoms with Gasteiger partial charge in [0.15, 0.2) is 5.65 Å². The molecule has 0 saturated carbocycles. The van der Waals surface area contributed by atoms with Gasteiger partial charge in [0.25, 0.3) is 0 Å². The topological polar surface area (TPSA) is 76.8 Å². The number of hydrogen-bond acceptors (Lipinski definition) is 7. The van der Waals surface area contributed by atoms with Gasteiger partial charge in [-0.25, -0.2) is 9.50 Å². The fourth-order valence-corrected chi connectivity index (χ4v) is 4.71. The highest BCUT2D eigenvalue weighted by molar-refractivity contribution is 6.33. The number of hydrogen-bond donors (Lipinski definition) is 1. The van der Waals surface area contributed by atoms with Gasteiger partial charge >= 0.3 is 0 Å². The lowest BCUT2D eigenvalue weighted by atomic mass is 10.0. The Bertz CT molecular complexity index is 1300. The van der Waals surface area contributed by atoms with Crippen LogP contribution in [0.15, 0.2) is 54.9 Å². The second-order valence-corrected chi connectivity index (χ2v) is 8.80. The van der Waals surface area contributed by atoms with Gasteiger partial charge in [0.2, 0.25) is 11.8 Å². The average Bonchev–Trinajstić information content (AvgIpc) is 3.28. The van der Waals surface area contributed by atoms with Crippen LogP contribution in [0.3, 0.4) is 0 Å². The summed E-state index contributed by atoms with van der Waals surface area (Å²) in [5.74, 6) is 2.05. The minimum absolute atomic E-state index is 0.300. The van der Waals surface area contributed by atoms with Crippen molar-refractivity contribution in [2.24, 2.45) is 0 Å². The van der Waals surface area contributed by atoms with Crippen LogP contribution in [0.5, 0.6) is 11.6 Å². The van der Waals surface area contributed by atoms with Crippen molar-refractivity contribution >= 4 is 28.9 Å². The van der Waals surface area contributed by atoms with E-state index in [1.54, 1.807) is 10.7 Å². The van der Waals surface area contributed by atoms with E-state index >= 15 is 0 Å². The Balaban J connectivity index is 1.29. The monoisotopic (exact) mass is 492 g/mol. The zero-order valence-corrected chi connectivity index (χ0v) is 20.7. The Kier molecular flexibility index (Phi) is 6.90. The number of anilines is 2. The van der Waals surface area contributed by atoms with Gasteiger partial charge in [-0.15, -0.1) is 5.10 Å². The molecule has 0 radical (unpaired) electrons. The van der Waals surface area contributed by atoms with Crippen molar-refractivity contribution in [1.29, 1.82) is 0 Å². The van der Waals surface area contributed by atoms with Gasteiger partial charge in [0.05, 0.1) is 18.2 Å². The maximum atomic E-state index is 6.58. The Morgan fingerprint density at radius 2 is 1.86 bits per heavy atom. The van der Waals surface area contributed by atoms with Crippen molar-refractivity contribution in [2.75, 3.05) is 36.5 Å². The summed E-state index contributed by atoms with van der Waals surface area (Å²) in [5, 5.41) is 8.82. The van der Waals surface area contributed by atoms with Gasteiger partial charge in [0.1, 0.15) is 5.75 Å². The molecule has 5 rings (SSSR count). The summed E-state index contributed by atoms with van der Waals surface area (Å²) in [7, 11) is 0. The van der Waals surface area contributed by atoms with Crippen LogP contribution in [0.1, 0.15) is 26.7 Å². The standard InChI is InChI=1S/C26H29ClN6O2/c1-3-34-20-7-8-21(23(27)17-20)22-6-5-13-33-25(22)30-26(31-33)29-18-10-14-32(15-11-18)19-9-12-28-24(16-19)35-4-2/h5-9,12-13,16-18H,3-4,10-11,14-15H2,1-2H3,(H,29,31). The molecule has 1 N–H and O–H groups in total. The van der Waals surface area contributed by atoms with E-state index in [2.05, 4.69) is 20.3 Å². The first kappa shape index (κ1) is 23.2. The van der Waals surface area contributed by atoms with Gasteiger partial charge in [0, 0.05) is 54.4 Å². The molecule has 1 saturated heterocycles. The number of piperidine rings is 1. The highest BCUT2D eigenvalue weighted by Gasteiger charge is 2.22. The maximum Gasteiger partial charge on any atom is 0.243 e. The predicted molar refractivity (Wildman–Crippen MR) is 139 cm³/mol. The van der Waals surface area contributed by atoms with Crippen molar-refractivity contribution in [3.63, 3.8) is 0 Å². The molecule has 1 aromatic carbocycles. The van der Waals surface area contributed by atoms with Crippen LogP contribution < -0.4 is 19.7 Å². The van der Waals surface area contributed by atoms with Gasteiger partial charge in [-0.1, -0.05) is 11.6 Å². The lowest BCUT2D eigenvalue weighted by Crippen LogP contribution is -2.39. The number of nitrogens with zero attached hydrogens (tertiary/aromatic N) is 5. The molecule has 0 atom stereocenters. The SMILES string of the molecule is CCOc1ccc(-c2cccn3nc(NC4CCN(c5ccnc(OCC)c5)CC4)nc23)c(Cl)c1. The number of fused-ring (bicyclic) bond motifs is 1. The van der Waals surface area contributed by atoms with Crippen molar-refractivity contribution in [2.45, 2.75) is 32.7 Å². The molecule has 1 fully saturated rings. The minimum atomic E-state index is 0.300. The molecule has 9 heteroatoms. The lowest BCUT2D eigenvalue weighted by molar-refractivity contribution is 0.327. The first-order valence-electron chi connectivity index (χ1n) is 12.0. The van der Waals surface area contributed by atoms with E-state index in [4.69, 9.17) is 26.1 Å². The van der Waals surface area contributed by atoms with Crippen molar-refractivity contribution in [3.8, 4) is 22.8 Å². The largest absolute Gasteiger partial charge is 0.494 e. The number of halogens is 1. The molecule has 3 aromatic heterocycles. The smallest absolute Gasteiger partial charge is 0.243 e. The first-order chi connectivity index (χ1) is 17.1. The van der Waals surface area contributed by atoms with E-state index in [9.17, 15) is 0 Å². The summed E-state index contributed by atoms with van der Waals surface area (Å²) in [6.45, 7) is 7.01. The Morgan fingerprint density at radius 1 is 1.03 bits per heavy atom. The molecule has 4 heterocycles. The van der Waals surface area contributed by atoms with Gasteiger partial charge in [-0.2, -0.15) is 4.98 Å². The van der Waals surface area contributed by atoms with Crippen molar-refractivity contribution in [3.05, 3.63) is 59.9 Å².